The Morgan fingerprint density at radius 1 is 1.41 bits per heavy atom. The van der Waals surface area contributed by atoms with Crippen LogP contribution in [0.4, 0.5) is 8.78 Å². The molecule has 0 saturated carbocycles. The second-order valence-electron chi connectivity index (χ2n) is 5.47. The van der Waals surface area contributed by atoms with Crippen LogP contribution in [0.5, 0.6) is 5.88 Å². The Kier molecular flexibility index (Phi) is 5.39. The summed E-state index contributed by atoms with van der Waals surface area (Å²) in [5.41, 5.74) is 0.478. The van der Waals surface area contributed by atoms with Crippen molar-refractivity contribution in [2.24, 2.45) is 5.14 Å². The summed E-state index contributed by atoms with van der Waals surface area (Å²) in [6, 6.07) is 3.02. The van der Waals surface area contributed by atoms with E-state index in [9.17, 15) is 17.2 Å². The molecule has 0 amide bonds. The molecule has 0 spiro atoms. The Bertz CT molecular complexity index is 1140. The number of fused-ring (bicyclic) bond motifs is 1. The number of nitrogens with zero attached hydrogens (tertiary/aromatic N) is 3. The largest absolute Gasteiger partial charge is 0.481 e. The lowest BCUT2D eigenvalue weighted by Crippen LogP contribution is -2.11. The maximum Gasteiger partial charge on any atom is 0.242 e. The molecule has 0 aliphatic heterocycles. The number of halogens is 4. The van der Waals surface area contributed by atoms with Crippen LogP contribution >= 0.6 is 27.5 Å². The quantitative estimate of drug-likeness (QED) is 0.603. The van der Waals surface area contributed by atoms with E-state index in [2.05, 4.69) is 25.9 Å². The minimum atomic E-state index is -4.06. The van der Waals surface area contributed by atoms with Crippen molar-refractivity contribution in [1.29, 1.82) is 0 Å². The molecular formula is C15H12BrClF2N4O3S. The van der Waals surface area contributed by atoms with E-state index in [1.807, 2.05) is 0 Å². The summed E-state index contributed by atoms with van der Waals surface area (Å²) in [5, 5.41) is 5.92. The smallest absolute Gasteiger partial charge is 0.242 e. The monoisotopic (exact) mass is 480 g/mol. The molecule has 1 aromatic carbocycles. The number of alkyl halides is 2. The van der Waals surface area contributed by atoms with Crippen LogP contribution in [0.1, 0.15) is 5.56 Å². The van der Waals surface area contributed by atoms with Gasteiger partial charge in [0.1, 0.15) is 4.90 Å². The van der Waals surface area contributed by atoms with Gasteiger partial charge in [-0.05, 0) is 28.1 Å². The summed E-state index contributed by atoms with van der Waals surface area (Å²) < 4.78 is 56.1. The number of primary sulfonamides is 1. The molecule has 0 fully saturated rings. The Morgan fingerprint density at radius 2 is 2.11 bits per heavy atom. The molecule has 12 heteroatoms. The third-order valence-electron chi connectivity index (χ3n) is 3.72. The van der Waals surface area contributed by atoms with Crippen LogP contribution in [0.3, 0.4) is 0 Å². The van der Waals surface area contributed by atoms with Gasteiger partial charge in [-0.3, -0.25) is 4.57 Å². The van der Waals surface area contributed by atoms with Crippen molar-refractivity contribution in [2.45, 2.75) is 17.7 Å². The second-order valence-corrected chi connectivity index (χ2v) is 8.20. The van der Waals surface area contributed by atoms with E-state index in [0.29, 0.717) is 20.4 Å². The lowest BCUT2D eigenvalue weighted by Gasteiger charge is -2.10. The van der Waals surface area contributed by atoms with Crippen LogP contribution in [-0.4, -0.2) is 36.5 Å². The number of hydrogen-bond donors (Lipinski definition) is 1. The molecule has 27 heavy (non-hydrogen) atoms. The van der Waals surface area contributed by atoms with E-state index in [4.69, 9.17) is 21.5 Å². The average Bonchev–Trinajstić information content (AvgIpc) is 2.98. The third-order valence-corrected chi connectivity index (χ3v) is 6.01. The molecule has 2 heterocycles. The molecule has 3 rings (SSSR count). The minimum Gasteiger partial charge on any atom is -0.481 e. The Balaban J connectivity index is 2.30. The normalized spacial score (nSPS) is 12.1. The number of rotatable bonds is 5. The molecule has 0 aliphatic rings. The number of benzene rings is 1. The first kappa shape index (κ1) is 19.9. The molecule has 0 aliphatic carbocycles. The van der Waals surface area contributed by atoms with Gasteiger partial charge in [0.25, 0.3) is 0 Å². The van der Waals surface area contributed by atoms with Crippen molar-refractivity contribution < 1.29 is 21.9 Å². The maximum absolute atomic E-state index is 12.7. The van der Waals surface area contributed by atoms with Crippen molar-refractivity contribution in [2.75, 3.05) is 7.11 Å². The first-order valence-corrected chi connectivity index (χ1v) is 10.1. The molecule has 2 N–H and O–H groups in total. The van der Waals surface area contributed by atoms with E-state index in [1.54, 1.807) is 0 Å². The van der Waals surface area contributed by atoms with Crippen LogP contribution in [0.2, 0.25) is 5.02 Å². The number of hydrogen-bond acceptors (Lipinski definition) is 5. The number of nitrogens with two attached hydrogens (primary N) is 1. The molecule has 7 nitrogen and oxygen atoms in total. The fourth-order valence-electron chi connectivity index (χ4n) is 2.59. The predicted molar refractivity (Wildman–Crippen MR) is 99.2 cm³/mol. The van der Waals surface area contributed by atoms with Gasteiger partial charge >= 0.3 is 0 Å². The van der Waals surface area contributed by atoms with Crippen molar-refractivity contribution in [1.82, 2.24) is 14.5 Å². The molecule has 144 valence electrons. The first-order valence-electron chi connectivity index (χ1n) is 7.33. The zero-order chi connectivity index (χ0) is 19.9. The summed E-state index contributed by atoms with van der Waals surface area (Å²) in [4.78, 5) is 8.04. The minimum absolute atomic E-state index is 0.00716. The lowest BCUT2D eigenvalue weighted by molar-refractivity contribution is 0.147. The molecule has 2 aromatic heterocycles. The van der Waals surface area contributed by atoms with Crippen LogP contribution in [-0.2, 0) is 16.4 Å². The van der Waals surface area contributed by atoms with Crippen LogP contribution in [0.15, 0.2) is 33.9 Å². The van der Waals surface area contributed by atoms with Crippen molar-refractivity contribution in [3.05, 3.63) is 39.6 Å². The van der Waals surface area contributed by atoms with E-state index in [1.165, 1.54) is 36.2 Å². The molecular weight excluding hydrogens is 470 g/mol. The standard InChI is InChI=1S/C15H12BrClF2N4O3S/c1-26-14-7(4-11(18)19)5-21-15(22-14)23-6-10(27(20,24)25)8-2-3-9(17)12(16)13(8)23/h2-3,5-6,11H,4H2,1H3,(H2,20,24,25). The molecule has 0 unspecified atom stereocenters. The highest BCUT2D eigenvalue weighted by Crippen LogP contribution is 2.36. The van der Waals surface area contributed by atoms with E-state index in [0.717, 1.165) is 0 Å². The zero-order valence-corrected chi connectivity index (χ0v) is 16.8. The van der Waals surface area contributed by atoms with Gasteiger partial charge in [-0.15, -0.1) is 0 Å². The predicted octanol–water partition coefficient (Wildman–Crippen LogP) is 3.30. The van der Waals surface area contributed by atoms with Crippen molar-refractivity contribution in [3.8, 4) is 11.8 Å². The molecule has 0 saturated heterocycles. The summed E-state index contributed by atoms with van der Waals surface area (Å²) in [6.45, 7) is 0. The van der Waals surface area contributed by atoms with E-state index < -0.39 is 22.9 Å². The van der Waals surface area contributed by atoms with Crippen LogP contribution in [0.25, 0.3) is 16.9 Å². The number of ether oxygens (including phenoxy) is 1. The highest BCUT2D eigenvalue weighted by Gasteiger charge is 2.23. The topological polar surface area (TPSA) is 100 Å². The van der Waals surface area contributed by atoms with Gasteiger partial charge in [-0.1, -0.05) is 11.6 Å². The maximum atomic E-state index is 12.7. The van der Waals surface area contributed by atoms with Gasteiger partial charge in [0, 0.05) is 29.8 Å². The molecule has 0 atom stereocenters. The highest BCUT2D eigenvalue weighted by molar-refractivity contribution is 9.10. The van der Waals surface area contributed by atoms with Gasteiger partial charge in [0.15, 0.2) is 0 Å². The van der Waals surface area contributed by atoms with E-state index >= 15 is 0 Å². The van der Waals surface area contributed by atoms with E-state index in [-0.39, 0.29) is 22.3 Å². The van der Waals surface area contributed by atoms with Crippen molar-refractivity contribution in [3.63, 3.8) is 0 Å². The SMILES string of the molecule is COc1nc(-n2cc(S(N)(=O)=O)c3ccc(Cl)c(Br)c32)ncc1CC(F)F. The van der Waals surface area contributed by atoms with Gasteiger partial charge in [-0.25, -0.2) is 27.3 Å². The summed E-state index contributed by atoms with van der Waals surface area (Å²) >= 11 is 9.44. The fourth-order valence-corrected chi connectivity index (χ4v) is 4.00. The van der Waals surface area contributed by atoms with Crippen LogP contribution in [0, 0.1) is 0 Å². The first-order chi connectivity index (χ1) is 12.6. The zero-order valence-electron chi connectivity index (χ0n) is 13.7. The average molecular weight is 482 g/mol. The molecule has 0 radical (unpaired) electrons. The van der Waals surface area contributed by atoms with Gasteiger partial charge in [0.2, 0.25) is 28.3 Å². The number of aromatic nitrogens is 3. The van der Waals surface area contributed by atoms with Gasteiger partial charge in [-0.2, -0.15) is 4.98 Å². The Hall–Kier alpha value is -1.82. The second kappa shape index (κ2) is 7.30. The Morgan fingerprint density at radius 3 is 2.70 bits per heavy atom. The van der Waals surface area contributed by atoms with Gasteiger partial charge in [0.05, 0.1) is 22.1 Å². The number of methoxy groups -OCH3 is 1. The third kappa shape index (κ3) is 3.77. The highest BCUT2D eigenvalue weighted by atomic mass is 79.9. The molecule has 0 bridgehead atoms. The fraction of sp³-hybridized carbons (Fsp3) is 0.200. The Labute approximate surface area is 166 Å². The molecule has 3 aromatic rings. The summed E-state index contributed by atoms with van der Waals surface area (Å²) in [6.07, 6.45) is -0.729. The summed E-state index contributed by atoms with van der Waals surface area (Å²) in [7, 11) is -2.77. The lowest BCUT2D eigenvalue weighted by atomic mass is 10.2. The van der Waals surface area contributed by atoms with Crippen LogP contribution < -0.4 is 9.88 Å². The van der Waals surface area contributed by atoms with Gasteiger partial charge < -0.3 is 4.74 Å². The summed E-state index contributed by atoms with van der Waals surface area (Å²) in [5.74, 6) is -0.0369. The number of sulfonamides is 1. The van der Waals surface area contributed by atoms with Crippen molar-refractivity contribution >= 4 is 48.5 Å².